The van der Waals surface area contributed by atoms with Gasteiger partial charge in [0.05, 0.1) is 13.1 Å². The summed E-state index contributed by atoms with van der Waals surface area (Å²) in [7, 11) is 2.01. The number of aromatic nitrogens is 3. The molecule has 2 heterocycles. The number of nitrogens with one attached hydrogen (secondary N) is 2. The zero-order valence-electron chi connectivity index (χ0n) is 16.6. The van der Waals surface area contributed by atoms with Crippen LogP contribution in [0.15, 0.2) is 70.3 Å². The highest BCUT2D eigenvalue weighted by atomic mass is 16.3. The maximum Gasteiger partial charge on any atom is 0.194 e. The number of rotatable bonds is 6. The molecule has 0 radical (unpaired) electrons. The number of benzene rings is 2. The molecule has 4 rings (SSSR count). The van der Waals surface area contributed by atoms with E-state index >= 15 is 0 Å². The molecule has 4 aromatic rings. The van der Waals surface area contributed by atoms with Crippen molar-refractivity contribution in [3.8, 4) is 11.4 Å². The SMILES string of the molecule is CCNC(=NCc1cccc(-c2ncn[nH]2)c1)N(C)Cc1cc2ccccc2o1. The molecule has 29 heavy (non-hydrogen) atoms. The maximum absolute atomic E-state index is 5.95. The second-order valence-corrected chi connectivity index (χ2v) is 6.81. The number of para-hydroxylation sites is 1. The van der Waals surface area contributed by atoms with Crippen LogP contribution < -0.4 is 5.32 Å². The summed E-state index contributed by atoms with van der Waals surface area (Å²) in [4.78, 5) is 11.1. The van der Waals surface area contributed by atoms with E-state index in [1.165, 1.54) is 6.33 Å². The molecule has 7 heteroatoms. The van der Waals surface area contributed by atoms with Crippen molar-refractivity contribution in [1.82, 2.24) is 25.4 Å². The first-order valence-electron chi connectivity index (χ1n) is 9.64. The van der Waals surface area contributed by atoms with E-state index in [1.54, 1.807) is 0 Å². The lowest BCUT2D eigenvalue weighted by molar-refractivity contribution is 0.412. The first-order valence-corrected chi connectivity index (χ1v) is 9.64. The molecule has 2 N–H and O–H groups in total. The van der Waals surface area contributed by atoms with Gasteiger partial charge in [-0.05, 0) is 30.7 Å². The Hall–Kier alpha value is -3.61. The molecule has 2 aromatic heterocycles. The lowest BCUT2D eigenvalue weighted by Gasteiger charge is -2.21. The molecule has 7 nitrogen and oxygen atoms in total. The molecule has 0 amide bonds. The van der Waals surface area contributed by atoms with Crippen molar-refractivity contribution in [2.75, 3.05) is 13.6 Å². The Morgan fingerprint density at radius 1 is 1.17 bits per heavy atom. The summed E-state index contributed by atoms with van der Waals surface area (Å²) < 4.78 is 5.95. The van der Waals surface area contributed by atoms with Crippen LogP contribution in [0.4, 0.5) is 0 Å². The smallest absolute Gasteiger partial charge is 0.194 e. The van der Waals surface area contributed by atoms with Gasteiger partial charge in [0.1, 0.15) is 17.7 Å². The molecule has 0 aliphatic carbocycles. The molecule has 0 saturated carbocycles. The molecular formula is C22H24N6O. The third kappa shape index (κ3) is 4.45. The molecule has 2 aromatic carbocycles. The van der Waals surface area contributed by atoms with E-state index in [2.05, 4.69) is 56.6 Å². The van der Waals surface area contributed by atoms with Crippen molar-refractivity contribution in [2.24, 2.45) is 4.99 Å². The number of guanidine groups is 1. The highest BCUT2D eigenvalue weighted by Gasteiger charge is 2.10. The molecule has 0 atom stereocenters. The van der Waals surface area contributed by atoms with Crippen LogP contribution in [-0.4, -0.2) is 39.6 Å². The van der Waals surface area contributed by atoms with Gasteiger partial charge in [-0.1, -0.05) is 36.4 Å². The van der Waals surface area contributed by atoms with Crippen LogP contribution in [0.5, 0.6) is 0 Å². The quantitative estimate of drug-likeness (QED) is 0.388. The van der Waals surface area contributed by atoms with Crippen LogP contribution in [0.2, 0.25) is 0 Å². The monoisotopic (exact) mass is 388 g/mol. The van der Waals surface area contributed by atoms with E-state index in [4.69, 9.17) is 9.41 Å². The van der Waals surface area contributed by atoms with Gasteiger partial charge >= 0.3 is 0 Å². The van der Waals surface area contributed by atoms with Crippen molar-refractivity contribution in [3.63, 3.8) is 0 Å². The lowest BCUT2D eigenvalue weighted by atomic mass is 10.1. The molecule has 0 saturated heterocycles. The molecule has 0 fully saturated rings. The minimum Gasteiger partial charge on any atom is -0.459 e. The van der Waals surface area contributed by atoms with E-state index in [1.807, 2.05) is 37.4 Å². The summed E-state index contributed by atoms with van der Waals surface area (Å²) in [6.07, 6.45) is 1.51. The van der Waals surface area contributed by atoms with Crippen LogP contribution in [-0.2, 0) is 13.1 Å². The molecule has 0 bridgehead atoms. The van der Waals surface area contributed by atoms with Crippen LogP contribution in [0, 0.1) is 0 Å². The summed E-state index contributed by atoms with van der Waals surface area (Å²) in [6, 6.07) is 18.3. The topological polar surface area (TPSA) is 82.3 Å². The van der Waals surface area contributed by atoms with Gasteiger partial charge in [-0.3, -0.25) is 5.10 Å². The number of fused-ring (bicyclic) bond motifs is 1. The number of aromatic amines is 1. The Balaban J connectivity index is 1.49. The van der Waals surface area contributed by atoms with Gasteiger partial charge in [0, 0.05) is 24.5 Å². The second-order valence-electron chi connectivity index (χ2n) is 6.81. The highest BCUT2D eigenvalue weighted by Crippen LogP contribution is 2.20. The lowest BCUT2D eigenvalue weighted by Crippen LogP contribution is -2.38. The number of aliphatic imine (C=N–C) groups is 1. The Morgan fingerprint density at radius 2 is 2.07 bits per heavy atom. The molecule has 0 unspecified atom stereocenters. The first-order chi connectivity index (χ1) is 14.2. The fourth-order valence-electron chi connectivity index (χ4n) is 3.22. The van der Waals surface area contributed by atoms with Gasteiger partial charge in [-0.25, -0.2) is 9.98 Å². The largest absolute Gasteiger partial charge is 0.459 e. The van der Waals surface area contributed by atoms with E-state index < -0.39 is 0 Å². The van der Waals surface area contributed by atoms with Crippen molar-refractivity contribution < 1.29 is 4.42 Å². The number of hydrogen-bond acceptors (Lipinski definition) is 4. The summed E-state index contributed by atoms with van der Waals surface area (Å²) in [6.45, 7) is 4.06. The molecule has 0 spiro atoms. The average Bonchev–Trinajstić information content (AvgIpc) is 3.40. The van der Waals surface area contributed by atoms with Crippen LogP contribution in [0.1, 0.15) is 18.2 Å². The van der Waals surface area contributed by atoms with E-state index in [-0.39, 0.29) is 0 Å². The van der Waals surface area contributed by atoms with Crippen LogP contribution >= 0.6 is 0 Å². The minimum atomic E-state index is 0.564. The van der Waals surface area contributed by atoms with E-state index in [9.17, 15) is 0 Å². The number of nitrogens with zero attached hydrogens (tertiary/aromatic N) is 4. The normalized spacial score (nSPS) is 11.7. The zero-order chi connectivity index (χ0) is 20.1. The number of hydrogen-bond donors (Lipinski definition) is 2. The predicted octanol–water partition coefficient (Wildman–Crippen LogP) is 3.82. The molecular weight excluding hydrogens is 364 g/mol. The average molecular weight is 388 g/mol. The minimum absolute atomic E-state index is 0.564. The van der Waals surface area contributed by atoms with Gasteiger partial charge in [0.2, 0.25) is 0 Å². The maximum atomic E-state index is 5.95. The van der Waals surface area contributed by atoms with Gasteiger partial charge in [-0.15, -0.1) is 0 Å². The van der Waals surface area contributed by atoms with Crippen molar-refractivity contribution in [1.29, 1.82) is 0 Å². The summed E-state index contributed by atoms with van der Waals surface area (Å²) in [5.74, 6) is 2.49. The van der Waals surface area contributed by atoms with Crippen molar-refractivity contribution >= 4 is 16.9 Å². The standard InChI is InChI=1S/C22H24N6O/c1-3-23-22(28(2)14-19-12-17-8-4-5-10-20(17)29-19)24-13-16-7-6-9-18(11-16)21-25-15-26-27-21/h4-12,15H,3,13-14H2,1-2H3,(H,23,24)(H,25,26,27). The van der Waals surface area contributed by atoms with Crippen molar-refractivity contribution in [3.05, 3.63) is 72.2 Å². The first kappa shape index (κ1) is 18.7. The van der Waals surface area contributed by atoms with Gasteiger partial charge in [-0.2, -0.15) is 5.10 Å². The Kier molecular flexibility index (Phi) is 5.56. The van der Waals surface area contributed by atoms with Crippen LogP contribution in [0.3, 0.4) is 0 Å². The number of furan rings is 1. The molecule has 148 valence electrons. The van der Waals surface area contributed by atoms with E-state index in [0.29, 0.717) is 13.1 Å². The fourth-order valence-corrected chi connectivity index (χ4v) is 3.22. The second kappa shape index (κ2) is 8.60. The predicted molar refractivity (Wildman–Crippen MR) is 114 cm³/mol. The van der Waals surface area contributed by atoms with Gasteiger partial charge in [0.15, 0.2) is 11.8 Å². The summed E-state index contributed by atoms with van der Waals surface area (Å²) in [5.41, 5.74) is 3.00. The van der Waals surface area contributed by atoms with Gasteiger partial charge in [0.25, 0.3) is 0 Å². The Bertz CT molecular complexity index is 1070. The summed E-state index contributed by atoms with van der Waals surface area (Å²) >= 11 is 0. The third-order valence-electron chi connectivity index (χ3n) is 4.59. The van der Waals surface area contributed by atoms with Crippen molar-refractivity contribution in [2.45, 2.75) is 20.0 Å². The fraction of sp³-hybridized carbons (Fsp3) is 0.227. The van der Waals surface area contributed by atoms with Crippen LogP contribution in [0.25, 0.3) is 22.4 Å². The van der Waals surface area contributed by atoms with Gasteiger partial charge < -0.3 is 14.6 Å². The highest BCUT2D eigenvalue weighted by molar-refractivity contribution is 5.80. The Morgan fingerprint density at radius 3 is 2.86 bits per heavy atom. The molecule has 0 aliphatic rings. The number of H-pyrrole nitrogens is 1. The van der Waals surface area contributed by atoms with E-state index in [0.717, 1.165) is 46.2 Å². The third-order valence-corrected chi connectivity index (χ3v) is 4.59. The zero-order valence-corrected chi connectivity index (χ0v) is 16.6. The Labute approximate surface area is 169 Å². The summed E-state index contributed by atoms with van der Waals surface area (Å²) in [5, 5.41) is 11.3. The molecule has 0 aliphatic heterocycles.